The van der Waals surface area contributed by atoms with Crippen molar-refractivity contribution in [1.29, 1.82) is 0 Å². The fourth-order valence-electron chi connectivity index (χ4n) is 5.27. The molecule has 1 saturated carbocycles. The zero-order valence-electron chi connectivity index (χ0n) is 18.2. The van der Waals surface area contributed by atoms with Gasteiger partial charge < -0.3 is 15.5 Å². The minimum absolute atomic E-state index is 0.109. The van der Waals surface area contributed by atoms with E-state index in [1.54, 1.807) is 12.1 Å². The first-order valence-electron chi connectivity index (χ1n) is 11.1. The minimum Gasteiger partial charge on any atom is -0.378 e. The van der Waals surface area contributed by atoms with Gasteiger partial charge in [-0.1, -0.05) is 36.4 Å². The van der Waals surface area contributed by atoms with Crippen LogP contribution < -0.4 is 10.6 Å². The second-order valence-corrected chi connectivity index (χ2v) is 9.21. The van der Waals surface area contributed by atoms with Crippen molar-refractivity contribution in [2.75, 3.05) is 32.5 Å². The normalized spacial score (nSPS) is 25.7. The Hall–Kier alpha value is -1.98. The van der Waals surface area contributed by atoms with Crippen molar-refractivity contribution in [1.82, 2.24) is 10.2 Å². The highest BCUT2D eigenvalue weighted by Gasteiger charge is 2.46. The molecular weight excluding hydrogens is 380 g/mol. The molecule has 1 heterocycles. The number of nitrogens with zero attached hydrogens (tertiary/aromatic N) is 1. The molecule has 0 radical (unpaired) electrons. The van der Waals surface area contributed by atoms with Gasteiger partial charge in [0.1, 0.15) is 0 Å². The Labute approximate surface area is 178 Å². The summed E-state index contributed by atoms with van der Waals surface area (Å²) in [5, 5.41) is 7.45. The third-order valence-electron chi connectivity index (χ3n) is 6.71. The summed E-state index contributed by atoms with van der Waals surface area (Å²) in [6, 6.07) is 16.3. The van der Waals surface area contributed by atoms with E-state index in [0.717, 1.165) is 50.5 Å². The molecule has 4 rings (SSSR count). The van der Waals surface area contributed by atoms with Gasteiger partial charge in [-0.25, -0.2) is 8.78 Å². The van der Waals surface area contributed by atoms with E-state index in [9.17, 15) is 8.78 Å². The van der Waals surface area contributed by atoms with Gasteiger partial charge in [-0.05, 0) is 75.6 Å². The lowest BCUT2D eigenvalue weighted by atomic mass is 9.75. The van der Waals surface area contributed by atoms with Gasteiger partial charge in [0.15, 0.2) is 0 Å². The summed E-state index contributed by atoms with van der Waals surface area (Å²) in [5.74, 6) is -2.19. The van der Waals surface area contributed by atoms with E-state index in [1.807, 2.05) is 12.1 Å². The predicted molar refractivity (Wildman–Crippen MR) is 119 cm³/mol. The molecule has 1 fully saturated rings. The molecular formula is C25H33F2N3. The van der Waals surface area contributed by atoms with E-state index in [4.69, 9.17) is 0 Å². The quantitative estimate of drug-likeness (QED) is 0.598. The zero-order chi connectivity index (χ0) is 21.3. The predicted octanol–water partition coefficient (Wildman–Crippen LogP) is 5.37. The van der Waals surface area contributed by atoms with Crippen LogP contribution in [0.3, 0.4) is 0 Å². The first kappa shape index (κ1) is 21.3. The number of halogens is 2. The lowest BCUT2D eigenvalue weighted by Gasteiger charge is -2.40. The van der Waals surface area contributed by atoms with Gasteiger partial charge in [-0.2, -0.15) is 0 Å². The van der Waals surface area contributed by atoms with Crippen LogP contribution in [0.4, 0.5) is 14.5 Å². The molecule has 162 valence electrons. The summed E-state index contributed by atoms with van der Waals surface area (Å²) in [6.45, 7) is 2.99. The zero-order valence-corrected chi connectivity index (χ0v) is 18.2. The summed E-state index contributed by atoms with van der Waals surface area (Å²) < 4.78 is 28.2. The summed E-state index contributed by atoms with van der Waals surface area (Å²) in [6.07, 6.45) is 3.25. The van der Waals surface area contributed by atoms with Gasteiger partial charge >= 0.3 is 0 Å². The standard InChI is InChI=1S/C25H33F2N3/c1-25(26,27)18-10-12-21-20(16-18)23-19(24(29-21)17-8-5-4-6-9-17)11-13-22(23)28-14-7-15-30(2)3/h4-6,8-10,12,16,19,22-24,28-29H,7,11,13-15H2,1-3H3/t19-,22?,23+,24-/m1/s1. The molecule has 5 heteroatoms. The highest BCUT2D eigenvalue weighted by Crippen LogP contribution is 2.53. The number of fused-ring (bicyclic) bond motifs is 3. The van der Waals surface area contributed by atoms with Crippen molar-refractivity contribution >= 4 is 5.69 Å². The molecule has 1 aliphatic heterocycles. The molecule has 1 aliphatic carbocycles. The number of nitrogens with one attached hydrogen (secondary N) is 2. The highest BCUT2D eigenvalue weighted by molar-refractivity contribution is 5.60. The van der Waals surface area contributed by atoms with E-state index in [0.29, 0.717) is 12.0 Å². The third kappa shape index (κ3) is 4.37. The van der Waals surface area contributed by atoms with Crippen LogP contribution in [-0.2, 0) is 5.92 Å². The molecule has 2 N–H and O–H groups in total. The molecule has 2 aromatic carbocycles. The lowest BCUT2D eigenvalue weighted by Crippen LogP contribution is -2.39. The summed E-state index contributed by atoms with van der Waals surface area (Å²) in [5.41, 5.74) is 3.43. The topological polar surface area (TPSA) is 27.3 Å². The first-order valence-corrected chi connectivity index (χ1v) is 11.1. The molecule has 0 amide bonds. The average Bonchev–Trinajstić information content (AvgIpc) is 3.14. The van der Waals surface area contributed by atoms with Crippen molar-refractivity contribution in [2.45, 2.75) is 50.1 Å². The van der Waals surface area contributed by atoms with Crippen LogP contribution in [0, 0.1) is 5.92 Å². The molecule has 2 aromatic rings. The molecule has 3 nitrogen and oxygen atoms in total. The van der Waals surface area contributed by atoms with Gasteiger partial charge in [0.2, 0.25) is 0 Å². The Morgan fingerprint density at radius 3 is 2.57 bits per heavy atom. The van der Waals surface area contributed by atoms with Gasteiger partial charge in [0.05, 0.1) is 6.04 Å². The Bertz CT molecular complexity index is 847. The van der Waals surface area contributed by atoms with Crippen molar-refractivity contribution in [3.05, 3.63) is 65.2 Å². The van der Waals surface area contributed by atoms with Crippen LogP contribution in [0.1, 0.15) is 54.8 Å². The van der Waals surface area contributed by atoms with Crippen molar-refractivity contribution in [3.8, 4) is 0 Å². The maximum Gasteiger partial charge on any atom is 0.270 e. The maximum absolute atomic E-state index is 14.1. The van der Waals surface area contributed by atoms with E-state index in [1.165, 1.54) is 5.56 Å². The van der Waals surface area contributed by atoms with Crippen molar-refractivity contribution < 1.29 is 8.78 Å². The number of benzene rings is 2. The Kier molecular flexibility index (Phi) is 6.12. The summed E-state index contributed by atoms with van der Waals surface area (Å²) in [4.78, 5) is 2.19. The molecule has 2 aliphatic rings. The molecule has 30 heavy (non-hydrogen) atoms. The van der Waals surface area contributed by atoms with E-state index >= 15 is 0 Å². The smallest absolute Gasteiger partial charge is 0.270 e. The first-order chi connectivity index (χ1) is 14.3. The fourth-order valence-corrected chi connectivity index (χ4v) is 5.27. The number of alkyl halides is 2. The van der Waals surface area contributed by atoms with Crippen LogP contribution in [-0.4, -0.2) is 38.1 Å². The monoisotopic (exact) mass is 413 g/mol. The van der Waals surface area contributed by atoms with Crippen LogP contribution in [0.25, 0.3) is 0 Å². The van der Waals surface area contributed by atoms with Crippen molar-refractivity contribution in [3.63, 3.8) is 0 Å². The van der Waals surface area contributed by atoms with Crippen LogP contribution in [0.5, 0.6) is 0 Å². The fraction of sp³-hybridized carbons (Fsp3) is 0.520. The Morgan fingerprint density at radius 1 is 1.10 bits per heavy atom. The van der Waals surface area contributed by atoms with Crippen LogP contribution >= 0.6 is 0 Å². The number of rotatable bonds is 7. The van der Waals surface area contributed by atoms with E-state index in [-0.39, 0.29) is 17.5 Å². The summed E-state index contributed by atoms with van der Waals surface area (Å²) >= 11 is 0. The second-order valence-electron chi connectivity index (χ2n) is 9.21. The molecule has 0 aromatic heterocycles. The Balaban J connectivity index is 1.65. The van der Waals surface area contributed by atoms with Crippen LogP contribution in [0.15, 0.2) is 48.5 Å². The van der Waals surface area contributed by atoms with E-state index < -0.39 is 5.92 Å². The van der Waals surface area contributed by atoms with Gasteiger partial charge in [0.25, 0.3) is 5.92 Å². The molecule has 0 bridgehead atoms. The van der Waals surface area contributed by atoms with Gasteiger partial charge in [0, 0.05) is 30.1 Å². The lowest BCUT2D eigenvalue weighted by molar-refractivity contribution is 0.0173. The highest BCUT2D eigenvalue weighted by atomic mass is 19.3. The average molecular weight is 414 g/mol. The second kappa shape index (κ2) is 8.64. The number of hydrogen-bond acceptors (Lipinski definition) is 3. The minimum atomic E-state index is -2.83. The van der Waals surface area contributed by atoms with Crippen molar-refractivity contribution in [2.24, 2.45) is 5.92 Å². The molecule has 0 saturated heterocycles. The molecule has 0 spiro atoms. The summed E-state index contributed by atoms with van der Waals surface area (Å²) in [7, 11) is 4.18. The van der Waals surface area contributed by atoms with Crippen LogP contribution in [0.2, 0.25) is 0 Å². The SMILES string of the molecule is CN(C)CCCNC1CC[C@H]2[C@@H](c3ccccc3)Nc3ccc(C(C)(F)F)cc3[C@@H]12. The largest absolute Gasteiger partial charge is 0.378 e. The number of anilines is 1. The van der Waals surface area contributed by atoms with E-state index in [2.05, 4.69) is 53.9 Å². The third-order valence-corrected chi connectivity index (χ3v) is 6.71. The van der Waals surface area contributed by atoms with Gasteiger partial charge in [-0.15, -0.1) is 0 Å². The number of hydrogen-bond donors (Lipinski definition) is 2. The Morgan fingerprint density at radius 2 is 1.87 bits per heavy atom. The van der Waals surface area contributed by atoms with Gasteiger partial charge in [-0.3, -0.25) is 0 Å². The molecule has 4 atom stereocenters. The molecule has 1 unspecified atom stereocenters. The maximum atomic E-state index is 14.1.